The average molecular weight is 293 g/mol. The summed E-state index contributed by atoms with van der Waals surface area (Å²) in [6.45, 7) is 1.88. The third-order valence-corrected chi connectivity index (χ3v) is 2.88. The molecule has 112 valence electrons. The van der Waals surface area contributed by atoms with Crippen LogP contribution in [-0.4, -0.2) is 20.3 Å². The molecular weight excluding hydrogens is 276 g/mol. The van der Waals surface area contributed by atoms with E-state index in [4.69, 9.17) is 9.47 Å². The minimum Gasteiger partial charge on any atom is -0.454 e. The molecule has 5 heteroatoms. The smallest absolute Gasteiger partial charge is 0.168 e. The van der Waals surface area contributed by atoms with Crippen molar-refractivity contribution in [2.75, 3.05) is 20.3 Å². The van der Waals surface area contributed by atoms with Crippen LogP contribution in [0.5, 0.6) is 11.5 Å². The summed E-state index contributed by atoms with van der Waals surface area (Å²) in [4.78, 5) is 0. The van der Waals surface area contributed by atoms with Crippen LogP contribution >= 0.6 is 0 Å². The summed E-state index contributed by atoms with van der Waals surface area (Å²) >= 11 is 0. The highest BCUT2D eigenvalue weighted by molar-refractivity contribution is 5.38. The second-order valence-corrected chi connectivity index (χ2v) is 4.45. The van der Waals surface area contributed by atoms with E-state index >= 15 is 0 Å². The lowest BCUT2D eigenvalue weighted by molar-refractivity contribution is 0.199. The van der Waals surface area contributed by atoms with Crippen molar-refractivity contribution >= 4 is 0 Å². The lowest BCUT2D eigenvalue weighted by Gasteiger charge is -2.12. The maximum Gasteiger partial charge on any atom is 0.168 e. The molecule has 0 amide bonds. The molecule has 0 heterocycles. The van der Waals surface area contributed by atoms with Crippen molar-refractivity contribution in [2.24, 2.45) is 0 Å². The number of methoxy groups -OCH3 is 1. The van der Waals surface area contributed by atoms with E-state index in [0.717, 1.165) is 17.7 Å². The van der Waals surface area contributed by atoms with Crippen LogP contribution in [0.2, 0.25) is 0 Å². The van der Waals surface area contributed by atoms with Crippen molar-refractivity contribution in [3.05, 3.63) is 59.7 Å². The molecule has 0 fully saturated rings. The molecule has 0 aromatic heterocycles. The molecular formula is C16H17F2NO2. The molecule has 2 aromatic carbocycles. The normalized spacial score (nSPS) is 10.6. The standard InChI is InChI=1S/C16H17F2NO2/c1-20-9-8-19-11-12-4-2-3-5-15(12)21-16-7-6-13(17)10-14(16)18/h2-7,10,19H,8-9,11H2,1H3. The van der Waals surface area contributed by atoms with E-state index in [0.29, 0.717) is 25.4 Å². The minimum atomic E-state index is -0.725. The van der Waals surface area contributed by atoms with Gasteiger partial charge in [-0.1, -0.05) is 18.2 Å². The Morgan fingerprint density at radius 3 is 2.62 bits per heavy atom. The third-order valence-electron chi connectivity index (χ3n) is 2.88. The summed E-state index contributed by atoms with van der Waals surface area (Å²) in [5, 5.41) is 3.19. The van der Waals surface area contributed by atoms with Crippen LogP contribution < -0.4 is 10.1 Å². The topological polar surface area (TPSA) is 30.5 Å². The number of halogens is 2. The highest BCUT2D eigenvalue weighted by Gasteiger charge is 2.09. The minimum absolute atomic E-state index is 0.000687. The zero-order valence-electron chi connectivity index (χ0n) is 11.7. The molecule has 3 nitrogen and oxygen atoms in total. The monoisotopic (exact) mass is 293 g/mol. The van der Waals surface area contributed by atoms with Gasteiger partial charge in [0.05, 0.1) is 6.61 Å². The number of hydrogen-bond donors (Lipinski definition) is 1. The van der Waals surface area contributed by atoms with E-state index in [1.165, 1.54) is 6.07 Å². The van der Waals surface area contributed by atoms with Gasteiger partial charge < -0.3 is 14.8 Å². The molecule has 0 radical (unpaired) electrons. The van der Waals surface area contributed by atoms with Crippen LogP contribution in [0.1, 0.15) is 5.56 Å². The van der Waals surface area contributed by atoms with Crippen molar-refractivity contribution in [1.29, 1.82) is 0 Å². The van der Waals surface area contributed by atoms with Gasteiger partial charge in [-0.05, 0) is 18.2 Å². The predicted octanol–water partition coefficient (Wildman–Crippen LogP) is 3.49. The Labute approximate surface area is 122 Å². The zero-order chi connectivity index (χ0) is 15.1. The molecule has 0 saturated heterocycles. The molecule has 0 atom stereocenters. The highest BCUT2D eigenvalue weighted by Crippen LogP contribution is 2.27. The summed E-state index contributed by atoms with van der Waals surface area (Å²) in [5.41, 5.74) is 0.886. The SMILES string of the molecule is COCCNCc1ccccc1Oc1ccc(F)cc1F. The van der Waals surface area contributed by atoms with Crippen LogP contribution in [0.25, 0.3) is 0 Å². The van der Waals surface area contributed by atoms with Gasteiger partial charge in [0, 0.05) is 31.8 Å². The average Bonchev–Trinajstić information content (AvgIpc) is 2.48. The van der Waals surface area contributed by atoms with Gasteiger partial charge >= 0.3 is 0 Å². The second kappa shape index (κ2) is 7.71. The number of ether oxygens (including phenoxy) is 2. The molecule has 21 heavy (non-hydrogen) atoms. The van der Waals surface area contributed by atoms with Crippen LogP contribution in [0.15, 0.2) is 42.5 Å². The molecule has 0 bridgehead atoms. The van der Waals surface area contributed by atoms with Gasteiger partial charge in [-0.3, -0.25) is 0 Å². The van der Waals surface area contributed by atoms with E-state index in [9.17, 15) is 8.78 Å². The molecule has 2 aromatic rings. The first-order chi connectivity index (χ1) is 10.2. The largest absolute Gasteiger partial charge is 0.454 e. The number of nitrogens with one attached hydrogen (secondary N) is 1. The van der Waals surface area contributed by atoms with Crippen molar-refractivity contribution in [1.82, 2.24) is 5.32 Å². The number of para-hydroxylation sites is 1. The Morgan fingerprint density at radius 1 is 1.05 bits per heavy atom. The van der Waals surface area contributed by atoms with Crippen molar-refractivity contribution in [2.45, 2.75) is 6.54 Å². The molecule has 0 aliphatic carbocycles. The molecule has 0 saturated carbocycles. The molecule has 0 aliphatic rings. The lowest BCUT2D eigenvalue weighted by atomic mass is 10.2. The zero-order valence-corrected chi connectivity index (χ0v) is 11.7. The Morgan fingerprint density at radius 2 is 1.86 bits per heavy atom. The Kier molecular flexibility index (Phi) is 5.66. The third kappa shape index (κ3) is 4.51. The summed E-state index contributed by atoms with van der Waals surface area (Å²) in [6.07, 6.45) is 0. The molecule has 2 rings (SSSR count). The van der Waals surface area contributed by atoms with Crippen LogP contribution in [0.3, 0.4) is 0 Å². The first-order valence-corrected chi connectivity index (χ1v) is 6.61. The van der Waals surface area contributed by atoms with Crippen LogP contribution in [0, 0.1) is 11.6 Å². The predicted molar refractivity (Wildman–Crippen MR) is 76.5 cm³/mol. The van der Waals surface area contributed by atoms with E-state index in [1.54, 1.807) is 19.2 Å². The Hall–Kier alpha value is -1.98. The number of benzene rings is 2. The fourth-order valence-electron chi connectivity index (χ4n) is 1.82. The van der Waals surface area contributed by atoms with Crippen LogP contribution in [0.4, 0.5) is 8.78 Å². The first kappa shape index (κ1) is 15.4. The van der Waals surface area contributed by atoms with Gasteiger partial charge in [0.1, 0.15) is 11.6 Å². The van der Waals surface area contributed by atoms with E-state index in [1.807, 2.05) is 12.1 Å². The molecule has 1 N–H and O–H groups in total. The maximum absolute atomic E-state index is 13.6. The lowest BCUT2D eigenvalue weighted by Crippen LogP contribution is -2.18. The van der Waals surface area contributed by atoms with Gasteiger partial charge in [-0.15, -0.1) is 0 Å². The van der Waals surface area contributed by atoms with Gasteiger partial charge in [0.2, 0.25) is 0 Å². The summed E-state index contributed by atoms with van der Waals surface area (Å²) in [6, 6.07) is 10.6. The second-order valence-electron chi connectivity index (χ2n) is 4.45. The highest BCUT2D eigenvalue weighted by atomic mass is 19.1. The Bertz CT molecular complexity index is 590. The van der Waals surface area contributed by atoms with Gasteiger partial charge in [-0.2, -0.15) is 0 Å². The van der Waals surface area contributed by atoms with E-state index in [2.05, 4.69) is 5.32 Å². The summed E-state index contributed by atoms with van der Waals surface area (Å²) in [7, 11) is 1.63. The fraction of sp³-hybridized carbons (Fsp3) is 0.250. The summed E-state index contributed by atoms with van der Waals surface area (Å²) in [5.74, 6) is -0.819. The fourth-order valence-corrected chi connectivity index (χ4v) is 1.82. The van der Waals surface area contributed by atoms with Crippen molar-refractivity contribution < 1.29 is 18.3 Å². The number of hydrogen-bond acceptors (Lipinski definition) is 3. The van der Waals surface area contributed by atoms with Crippen molar-refractivity contribution in [3.63, 3.8) is 0 Å². The summed E-state index contributed by atoms with van der Waals surface area (Å²) < 4.78 is 37.0. The molecule has 0 aliphatic heterocycles. The maximum atomic E-state index is 13.6. The van der Waals surface area contributed by atoms with Gasteiger partial charge in [-0.25, -0.2) is 8.78 Å². The molecule has 0 unspecified atom stereocenters. The van der Waals surface area contributed by atoms with E-state index in [-0.39, 0.29) is 5.75 Å². The number of rotatable bonds is 7. The first-order valence-electron chi connectivity index (χ1n) is 6.61. The van der Waals surface area contributed by atoms with Gasteiger partial charge in [0.15, 0.2) is 11.6 Å². The molecule has 0 spiro atoms. The quantitative estimate of drug-likeness (QED) is 0.793. The van der Waals surface area contributed by atoms with Crippen LogP contribution in [-0.2, 0) is 11.3 Å². The van der Waals surface area contributed by atoms with E-state index < -0.39 is 11.6 Å². The van der Waals surface area contributed by atoms with Gasteiger partial charge in [0.25, 0.3) is 0 Å². The Balaban J connectivity index is 2.08. The van der Waals surface area contributed by atoms with Crippen molar-refractivity contribution in [3.8, 4) is 11.5 Å².